The van der Waals surface area contributed by atoms with Gasteiger partial charge in [-0.2, -0.15) is 0 Å². The standard InChI is InChI=1S/C23H38N2/c1-3-4-5-19-6-8-20(9-7-19)10-11-21-12-14-22(15-13-21)23-24-16-18(2)17-25-23/h16-17,19-22H,3-15H2,1-2H3/t19-,20-,21?,22?. The van der Waals surface area contributed by atoms with Gasteiger partial charge in [0.05, 0.1) is 0 Å². The summed E-state index contributed by atoms with van der Waals surface area (Å²) >= 11 is 0. The molecule has 0 unspecified atom stereocenters. The van der Waals surface area contributed by atoms with Crippen LogP contribution < -0.4 is 0 Å². The third-order valence-electron chi connectivity index (χ3n) is 6.93. The summed E-state index contributed by atoms with van der Waals surface area (Å²) in [6.07, 6.45) is 22.7. The van der Waals surface area contributed by atoms with Gasteiger partial charge in [0.1, 0.15) is 5.82 Å². The Kier molecular flexibility index (Phi) is 7.31. The molecule has 0 aromatic carbocycles. The molecule has 2 nitrogen and oxygen atoms in total. The molecule has 1 heterocycles. The van der Waals surface area contributed by atoms with E-state index in [-0.39, 0.29) is 0 Å². The van der Waals surface area contributed by atoms with Crippen LogP contribution in [-0.4, -0.2) is 9.97 Å². The molecule has 25 heavy (non-hydrogen) atoms. The number of unbranched alkanes of at least 4 members (excludes halogenated alkanes) is 1. The molecule has 2 aliphatic carbocycles. The van der Waals surface area contributed by atoms with Crippen molar-refractivity contribution < 1.29 is 0 Å². The van der Waals surface area contributed by atoms with Crippen LogP contribution in [0.2, 0.25) is 0 Å². The average Bonchev–Trinajstić information content (AvgIpc) is 2.67. The first-order valence-electron chi connectivity index (χ1n) is 11.0. The molecule has 0 radical (unpaired) electrons. The molecule has 0 saturated heterocycles. The van der Waals surface area contributed by atoms with Gasteiger partial charge in [-0.1, -0.05) is 64.7 Å². The van der Waals surface area contributed by atoms with Crippen molar-refractivity contribution in [3.05, 3.63) is 23.8 Å². The first-order chi connectivity index (χ1) is 12.2. The molecule has 0 amide bonds. The molecule has 0 aliphatic heterocycles. The molecule has 2 aliphatic rings. The predicted octanol–water partition coefficient (Wildman–Crippen LogP) is 6.84. The van der Waals surface area contributed by atoms with Crippen LogP contribution in [0.3, 0.4) is 0 Å². The Bertz CT molecular complexity index is 479. The first kappa shape index (κ1) is 18.9. The lowest BCUT2D eigenvalue weighted by Crippen LogP contribution is -2.18. The lowest BCUT2D eigenvalue weighted by Gasteiger charge is -2.31. The van der Waals surface area contributed by atoms with E-state index in [0.717, 1.165) is 23.6 Å². The maximum Gasteiger partial charge on any atom is 0.131 e. The van der Waals surface area contributed by atoms with E-state index in [2.05, 4.69) is 23.8 Å². The van der Waals surface area contributed by atoms with Gasteiger partial charge in [0.25, 0.3) is 0 Å². The Morgan fingerprint density at radius 2 is 1.24 bits per heavy atom. The highest BCUT2D eigenvalue weighted by Gasteiger charge is 2.26. The van der Waals surface area contributed by atoms with E-state index in [0.29, 0.717) is 5.92 Å². The van der Waals surface area contributed by atoms with E-state index in [1.54, 1.807) is 0 Å². The number of hydrogen-bond donors (Lipinski definition) is 0. The minimum Gasteiger partial charge on any atom is -0.241 e. The second kappa shape index (κ2) is 9.69. The zero-order valence-electron chi connectivity index (χ0n) is 16.6. The topological polar surface area (TPSA) is 25.8 Å². The van der Waals surface area contributed by atoms with Gasteiger partial charge in [0.15, 0.2) is 0 Å². The molecule has 0 spiro atoms. The number of rotatable bonds is 7. The van der Waals surface area contributed by atoms with Crippen LogP contribution in [0.4, 0.5) is 0 Å². The summed E-state index contributed by atoms with van der Waals surface area (Å²) in [6, 6.07) is 0. The summed E-state index contributed by atoms with van der Waals surface area (Å²) in [6.45, 7) is 4.39. The van der Waals surface area contributed by atoms with Gasteiger partial charge in [0, 0.05) is 18.3 Å². The quantitative estimate of drug-likeness (QED) is 0.542. The lowest BCUT2D eigenvalue weighted by atomic mass is 9.75. The molecule has 1 aromatic heterocycles. The van der Waals surface area contributed by atoms with Crippen LogP contribution in [0.5, 0.6) is 0 Å². The van der Waals surface area contributed by atoms with Crippen molar-refractivity contribution in [2.24, 2.45) is 17.8 Å². The van der Waals surface area contributed by atoms with Crippen LogP contribution in [-0.2, 0) is 0 Å². The van der Waals surface area contributed by atoms with Gasteiger partial charge in [0.2, 0.25) is 0 Å². The van der Waals surface area contributed by atoms with Crippen LogP contribution in [0.25, 0.3) is 0 Å². The number of aryl methyl sites for hydroxylation is 1. The van der Waals surface area contributed by atoms with E-state index < -0.39 is 0 Å². The Labute approximate surface area is 155 Å². The molecule has 0 N–H and O–H groups in total. The van der Waals surface area contributed by atoms with Crippen LogP contribution >= 0.6 is 0 Å². The molecule has 2 heteroatoms. The van der Waals surface area contributed by atoms with Crippen molar-refractivity contribution in [2.45, 2.75) is 103 Å². The average molecular weight is 343 g/mol. The number of aromatic nitrogens is 2. The molecular weight excluding hydrogens is 304 g/mol. The molecule has 1 aromatic rings. The van der Waals surface area contributed by atoms with E-state index in [1.807, 2.05) is 12.4 Å². The number of hydrogen-bond acceptors (Lipinski definition) is 2. The second-order valence-corrected chi connectivity index (χ2v) is 8.94. The maximum absolute atomic E-state index is 4.56. The van der Waals surface area contributed by atoms with Crippen molar-refractivity contribution >= 4 is 0 Å². The van der Waals surface area contributed by atoms with Crippen molar-refractivity contribution in [3.8, 4) is 0 Å². The highest BCUT2D eigenvalue weighted by molar-refractivity contribution is 5.05. The Morgan fingerprint density at radius 1 is 0.760 bits per heavy atom. The fourth-order valence-corrected chi connectivity index (χ4v) is 5.10. The SMILES string of the molecule is CCCC[C@H]1CC[C@H](CCC2CCC(c3ncc(C)cn3)CC2)CC1. The van der Waals surface area contributed by atoms with Crippen molar-refractivity contribution in [1.82, 2.24) is 9.97 Å². The van der Waals surface area contributed by atoms with Crippen LogP contribution in [0.1, 0.15) is 108 Å². The molecule has 2 saturated carbocycles. The minimum absolute atomic E-state index is 0.617. The normalized spacial score (nSPS) is 30.3. The largest absolute Gasteiger partial charge is 0.241 e. The smallest absolute Gasteiger partial charge is 0.131 e. The van der Waals surface area contributed by atoms with Gasteiger partial charge < -0.3 is 0 Å². The molecule has 0 bridgehead atoms. The molecule has 3 rings (SSSR count). The van der Waals surface area contributed by atoms with E-state index in [9.17, 15) is 0 Å². The fourth-order valence-electron chi connectivity index (χ4n) is 5.10. The summed E-state index contributed by atoms with van der Waals surface area (Å²) in [7, 11) is 0. The Balaban J connectivity index is 1.32. The third kappa shape index (κ3) is 5.79. The van der Waals surface area contributed by atoms with E-state index >= 15 is 0 Å². The first-order valence-corrected chi connectivity index (χ1v) is 11.0. The molecular formula is C23H38N2. The van der Waals surface area contributed by atoms with Crippen molar-refractivity contribution in [2.75, 3.05) is 0 Å². The van der Waals surface area contributed by atoms with Crippen molar-refractivity contribution in [3.63, 3.8) is 0 Å². The predicted molar refractivity (Wildman–Crippen MR) is 106 cm³/mol. The second-order valence-electron chi connectivity index (χ2n) is 8.94. The van der Waals surface area contributed by atoms with Gasteiger partial charge in [-0.05, 0) is 55.9 Å². The van der Waals surface area contributed by atoms with Crippen LogP contribution in [0.15, 0.2) is 12.4 Å². The zero-order valence-corrected chi connectivity index (χ0v) is 16.6. The highest BCUT2D eigenvalue weighted by atomic mass is 14.9. The fraction of sp³-hybridized carbons (Fsp3) is 0.826. The summed E-state index contributed by atoms with van der Waals surface area (Å²) in [5.41, 5.74) is 1.17. The highest BCUT2D eigenvalue weighted by Crippen LogP contribution is 2.39. The molecule has 2 fully saturated rings. The van der Waals surface area contributed by atoms with Crippen molar-refractivity contribution in [1.29, 1.82) is 0 Å². The minimum atomic E-state index is 0.617. The lowest BCUT2D eigenvalue weighted by molar-refractivity contribution is 0.222. The van der Waals surface area contributed by atoms with Gasteiger partial charge >= 0.3 is 0 Å². The van der Waals surface area contributed by atoms with Gasteiger partial charge in [-0.15, -0.1) is 0 Å². The summed E-state index contributed by atoms with van der Waals surface area (Å²) in [5.74, 6) is 4.77. The van der Waals surface area contributed by atoms with Crippen LogP contribution in [0, 0.1) is 24.7 Å². The number of nitrogens with zero attached hydrogens (tertiary/aromatic N) is 2. The Morgan fingerprint density at radius 3 is 1.76 bits per heavy atom. The molecule has 140 valence electrons. The summed E-state index contributed by atoms with van der Waals surface area (Å²) in [5, 5.41) is 0. The monoisotopic (exact) mass is 342 g/mol. The third-order valence-corrected chi connectivity index (χ3v) is 6.93. The maximum atomic E-state index is 4.56. The van der Waals surface area contributed by atoms with Gasteiger partial charge in [-0.3, -0.25) is 0 Å². The Hall–Kier alpha value is -0.920. The van der Waals surface area contributed by atoms with E-state index in [4.69, 9.17) is 0 Å². The summed E-state index contributed by atoms with van der Waals surface area (Å²) < 4.78 is 0. The van der Waals surface area contributed by atoms with Gasteiger partial charge in [-0.25, -0.2) is 9.97 Å². The zero-order chi connectivity index (χ0) is 17.5. The summed E-state index contributed by atoms with van der Waals surface area (Å²) in [4.78, 5) is 9.13. The van der Waals surface area contributed by atoms with E-state index in [1.165, 1.54) is 89.0 Å². The molecule has 0 atom stereocenters.